The van der Waals surface area contributed by atoms with Crippen LogP contribution in [0.2, 0.25) is 0 Å². The first-order valence-corrected chi connectivity index (χ1v) is 9.80. The summed E-state index contributed by atoms with van der Waals surface area (Å²) < 4.78 is 15.4. The van der Waals surface area contributed by atoms with Crippen molar-refractivity contribution in [3.63, 3.8) is 0 Å². The highest BCUT2D eigenvalue weighted by atomic mass is 16.5. The molecule has 162 valence electrons. The van der Waals surface area contributed by atoms with Crippen LogP contribution in [0.1, 0.15) is 45.1 Å². The van der Waals surface area contributed by atoms with Gasteiger partial charge in [-0.15, -0.1) is 0 Å². The van der Waals surface area contributed by atoms with Gasteiger partial charge in [0.15, 0.2) is 0 Å². The number of aliphatic hydroxyl groups excluding tert-OH is 1. The minimum absolute atomic E-state index is 0.204. The molecular weight excluding hydrogens is 398 g/mol. The Balaban J connectivity index is 1.75. The average molecular weight is 423 g/mol. The molecule has 0 bridgehead atoms. The highest BCUT2D eigenvalue weighted by molar-refractivity contribution is 5.97. The summed E-state index contributed by atoms with van der Waals surface area (Å²) in [6.45, 7) is 2.29. The van der Waals surface area contributed by atoms with Crippen LogP contribution in [0.4, 0.5) is 0 Å². The van der Waals surface area contributed by atoms with Gasteiger partial charge in [0.1, 0.15) is 11.5 Å². The largest absolute Gasteiger partial charge is 0.465 e. The van der Waals surface area contributed by atoms with Crippen molar-refractivity contribution < 1.29 is 28.6 Å². The molecule has 0 aliphatic carbocycles. The van der Waals surface area contributed by atoms with Crippen molar-refractivity contribution in [3.05, 3.63) is 83.1 Å². The zero-order valence-electron chi connectivity index (χ0n) is 17.6. The van der Waals surface area contributed by atoms with Gasteiger partial charge < -0.3 is 24.3 Å². The normalized spacial score (nSPS) is 12.8. The van der Waals surface area contributed by atoms with Gasteiger partial charge in [-0.05, 0) is 42.8 Å². The molecule has 1 aromatic heterocycles. The van der Waals surface area contributed by atoms with Crippen LogP contribution in [0.3, 0.4) is 0 Å². The maximum atomic E-state index is 12.0. The van der Waals surface area contributed by atoms with Crippen molar-refractivity contribution in [1.82, 2.24) is 5.32 Å². The first-order chi connectivity index (χ1) is 14.9. The van der Waals surface area contributed by atoms with Gasteiger partial charge in [-0.3, -0.25) is 0 Å². The molecule has 2 N–H and O–H groups in total. The number of furan rings is 1. The summed E-state index contributed by atoms with van der Waals surface area (Å²) in [5.41, 5.74) is 1.82. The van der Waals surface area contributed by atoms with E-state index in [1.165, 1.54) is 20.3 Å². The zero-order chi connectivity index (χ0) is 22.4. The number of carbonyl (C=O) groups is 2. The fourth-order valence-corrected chi connectivity index (χ4v) is 3.18. The molecule has 0 aliphatic rings. The van der Waals surface area contributed by atoms with Crippen LogP contribution in [-0.2, 0) is 16.0 Å². The number of ether oxygens (including phenoxy) is 2. The Bertz CT molecular complexity index is 1010. The topological polar surface area (TPSA) is 98.0 Å². The molecule has 0 radical (unpaired) electrons. The first kappa shape index (κ1) is 22.3. The number of benzene rings is 2. The second kappa shape index (κ2) is 10.1. The summed E-state index contributed by atoms with van der Waals surface area (Å²) in [6, 6.07) is 17.4. The summed E-state index contributed by atoms with van der Waals surface area (Å²) in [7, 11) is 2.54. The molecule has 0 amide bonds. The lowest BCUT2D eigenvalue weighted by Crippen LogP contribution is -2.31. The maximum Gasteiger partial charge on any atom is 0.337 e. The van der Waals surface area contributed by atoms with Crippen LogP contribution in [0.15, 0.2) is 65.1 Å². The standard InChI is InChI=1S/C24H25NO6/c1-15(22(26)16-7-5-4-6-8-16)25-14-20-9-10-21(31-20)17-11-18(23(27)29-2)13-19(12-17)24(28)30-3/h4-13,15,22,25-26H,14H2,1-3H3/t15-,22+/m0/s1. The van der Waals surface area contributed by atoms with Crippen molar-refractivity contribution in [2.24, 2.45) is 0 Å². The van der Waals surface area contributed by atoms with Gasteiger partial charge in [0.05, 0.1) is 38.0 Å². The van der Waals surface area contributed by atoms with E-state index in [0.29, 0.717) is 23.6 Å². The molecule has 0 aliphatic heterocycles. The van der Waals surface area contributed by atoms with E-state index < -0.39 is 18.0 Å². The molecule has 2 atom stereocenters. The van der Waals surface area contributed by atoms with Crippen LogP contribution in [0, 0.1) is 0 Å². The van der Waals surface area contributed by atoms with Gasteiger partial charge in [0, 0.05) is 11.6 Å². The SMILES string of the molecule is COC(=O)c1cc(C(=O)OC)cc(-c2ccc(CN[C@@H](C)[C@@H](O)c3ccccc3)o2)c1. The fraction of sp³-hybridized carbons (Fsp3) is 0.250. The molecule has 0 saturated heterocycles. The summed E-state index contributed by atoms with van der Waals surface area (Å²) in [5, 5.41) is 13.7. The average Bonchev–Trinajstić information content (AvgIpc) is 3.30. The number of methoxy groups -OCH3 is 2. The quantitative estimate of drug-likeness (QED) is 0.533. The smallest absolute Gasteiger partial charge is 0.337 e. The lowest BCUT2D eigenvalue weighted by molar-refractivity contribution is 0.0599. The number of carbonyl (C=O) groups excluding carboxylic acids is 2. The predicted molar refractivity (Wildman–Crippen MR) is 115 cm³/mol. The Morgan fingerprint density at radius 2 is 1.58 bits per heavy atom. The van der Waals surface area contributed by atoms with Crippen molar-refractivity contribution in [2.45, 2.75) is 25.6 Å². The Kier molecular flexibility index (Phi) is 7.23. The Labute approximate surface area is 180 Å². The van der Waals surface area contributed by atoms with Crippen LogP contribution < -0.4 is 5.32 Å². The van der Waals surface area contributed by atoms with Gasteiger partial charge >= 0.3 is 11.9 Å². The number of hydrogen-bond donors (Lipinski definition) is 2. The minimum atomic E-state index is -0.657. The van der Waals surface area contributed by atoms with E-state index in [0.717, 1.165) is 5.56 Å². The van der Waals surface area contributed by atoms with E-state index in [1.54, 1.807) is 24.3 Å². The molecule has 0 spiro atoms. The Morgan fingerprint density at radius 3 is 2.16 bits per heavy atom. The maximum absolute atomic E-state index is 12.0. The molecule has 7 nitrogen and oxygen atoms in total. The van der Waals surface area contributed by atoms with E-state index in [1.807, 2.05) is 37.3 Å². The van der Waals surface area contributed by atoms with E-state index in [9.17, 15) is 14.7 Å². The highest BCUT2D eigenvalue weighted by Gasteiger charge is 2.18. The van der Waals surface area contributed by atoms with Gasteiger partial charge in [0.25, 0.3) is 0 Å². The molecule has 3 rings (SSSR count). The number of aliphatic hydroxyl groups is 1. The molecule has 0 unspecified atom stereocenters. The van der Waals surface area contributed by atoms with Gasteiger partial charge in [-0.1, -0.05) is 30.3 Å². The first-order valence-electron chi connectivity index (χ1n) is 9.80. The third-order valence-corrected chi connectivity index (χ3v) is 4.93. The van der Waals surface area contributed by atoms with Crippen LogP contribution in [0.5, 0.6) is 0 Å². The van der Waals surface area contributed by atoms with Crippen molar-refractivity contribution in [2.75, 3.05) is 14.2 Å². The van der Waals surface area contributed by atoms with Crippen molar-refractivity contribution in [3.8, 4) is 11.3 Å². The monoisotopic (exact) mass is 423 g/mol. The van der Waals surface area contributed by atoms with Crippen molar-refractivity contribution >= 4 is 11.9 Å². The van der Waals surface area contributed by atoms with Crippen LogP contribution >= 0.6 is 0 Å². The fourth-order valence-electron chi connectivity index (χ4n) is 3.18. The van der Waals surface area contributed by atoms with Gasteiger partial charge in [-0.25, -0.2) is 9.59 Å². The third kappa shape index (κ3) is 5.39. The lowest BCUT2D eigenvalue weighted by Gasteiger charge is -2.20. The number of esters is 2. The summed E-state index contributed by atoms with van der Waals surface area (Å²) in [4.78, 5) is 24.0. The second-order valence-corrected chi connectivity index (χ2v) is 7.07. The molecule has 3 aromatic rings. The molecule has 0 fully saturated rings. The van der Waals surface area contributed by atoms with E-state index in [2.05, 4.69) is 5.32 Å². The molecular formula is C24H25NO6. The molecule has 1 heterocycles. The summed E-state index contributed by atoms with van der Waals surface area (Å²) in [6.07, 6.45) is -0.657. The molecule has 2 aromatic carbocycles. The summed E-state index contributed by atoms with van der Waals surface area (Å²) >= 11 is 0. The highest BCUT2D eigenvalue weighted by Crippen LogP contribution is 2.26. The van der Waals surface area contributed by atoms with E-state index in [4.69, 9.17) is 13.9 Å². The number of rotatable bonds is 8. The van der Waals surface area contributed by atoms with E-state index >= 15 is 0 Å². The Morgan fingerprint density at radius 1 is 0.968 bits per heavy atom. The molecule has 7 heteroatoms. The third-order valence-electron chi connectivity index (χ3n) is 4.93. The number of nitrogens with one attached hydrogen (secondary N) is 1. The van der Waals surface area contributed by atoms with Gasteiger partial charge in [-0.2, -0.15) is 0 Å². The van der Waals surface area contributed by atoms with Crippen molar-refractivity contribution in [1.29, 1.82) is 0 Å². The predicted octanol–water partition coefficient (Wildman–Crippen LogP) is 3.73. The molecule has 31 heavy (non-hydrogen) atoms. The molecule has 0 saturated carbocycles. The van der Waals surface area contributed by atoms with E-state index in [-0.39, 0.29) is 17.2 Å². The minimum Gasteiger partial charge on any atom is -0.465 e. The summed E-state index contributed by atoms with van der Waals surface area (Å²) in [5.74, 6) is 0.00233. The lowest BCUT2D eigenvalue weighted by atomic mass is 10.0. The van der Waals surface area contributed by atoms with Crippen LogP contribution in [0.25, 0.3) is 11.3 Å². The van der Waals surface area contributed by atoms with Gasteiger partial charge in [0.2, 0.25) is 0 Å². The Hall–Kier alpha value is -3.42. The number of hydrogen-bond acceptors (Lipinski definition) is 7. The van der Waals surface area contributed by atoms with Crippen LogP contribution in [-0.4, -0.2) is 37.3 Å². The zero-order valence-corrected chi connectivity index (χ0v) is 17.6. The second-order valence-electron chi connectivity index (χ2n) is 7.07.